The van der Waals surface area contributed by atoms with Crippen molar-refractivity contribution in [3.8, 4) is 0 Å². The van der Waals surface area contributed by atoms with E-state index in [9.17, 15) is 0 Å². The molecule has 1 aromatic heterocycles. The van der Waals surface area contributed by atoms with E-state index in [0.717, 1.165) is 11.8 Å². The molecule has 0 bridgehead atoms. The maximum Gasteiger partial charge on any atom is 0.129 e. The molecule has 2 unspecified atom stereocenters. The monoisotopic (exact) mass is 222 g/mol. The van der Waals surface area contributed by atoms with Crippen LogP contribution in [0.2, 0.25) is 5.15 Å². The molecule has 1 aromatic rings. The zero-order valence-electron chi connectivity index (χ0n) is 8.62. The molecule has 0 amide bonds. The SMILES string of the molecule is Clc1ccc(C2CC3CNCC3C2)cn1. The molecule has 2 nitrogen and oxygen atoms in total. The van der Waals surface area contributed by atoms with Crippen LogP contribution in [-0.2, 0) is 0 Å². The molecule has 3 rings (SSSR count). The second-order valence-electron chi connectivity index (χ2n) is 4.76. The summed E-state index contributed by atoms with van der Waals surface area (Å²) in [5.41, 5.74) is 1.37. The van der Waals surface area contributed by atoms with E-state index in [0.29, 0.717) is 11.1 Å². The minimum atomic E-state index is 0.596. The number of fused-ring (bicyclic) bond motifs is 1. The molecule has 0 spiro atoms. The van der Waals surface area contributed by atoms with Crippen molar-refractivity contribution in [2.24, 2.45) is 11.8 Å². The van der Waals surface area contributed by atoms with Crippen LogP contribution in [0.1, 0.15) is 24.3 Å². The summed E-state index contributed by atoms with van der Waals surface area (Å²) in [5.74, 6) is 2.50. The third-order valence-electron chi connectivity index (χ3n) is 3.88. The number of halogens is 1. The summed E-state index contributed by atoms with van der Waals surface area (Å²) in [6.07, 6.45) is 4.59. The summed E-state index contributed by atoms with van der Waals surface area (Å²) in [7, 11) is 0. The van der Waals surface area contributed by atoms with Gasteiger partial charge in [0.2, 0.25) is 0 Å². The van der Waals surface area contributed by atoms with Gasteiger partial charge < -0.3 is 5.32 Å². The van der Waals surface area contributed by atoms with Gasteiger partial charge in [-0.3, -0.25) is 0 Å². The highest BCUT2D eigenvalue weighted by Crippen LogP contribution is 2.43. The van der Waals surface area contributed by atoms with Crippen LogP contribution in [0.5, 0.6) is 0 Å². The summed E-state index contributed by atoms with van der Waals surface area (Å²) in [5, 5.41) is 4.06. The Labute approximate surface area is 95.0 Å². The maximum atomic E-state index is 5.79. The first-order valence-corrected chi connectivity index (χ1v) is 6.03. The van der Waals surface area contributed by atoms with Gasteiger partial charge in [0, 0.05) is 6.20 Å². The van der Waals surface area contributed by atoms with E-state index in [1.54, 1.807) is 0 Å². The summed E-state index contributed by atoms with van der Waals surface area (Å²) in [4.78, 5) is 4.17. The predicted octanol–water partition coefficient (Wildman–Crippen LogP) is 2.45. The molecule has 1 saturated carbocycles. The standard InChI is InChI=1S/C12H15ClN2/c13-12-2-1-8(7-15-12)9-3-10-5-14-6-11(10)4-9/h1-2,7,9-11,14H,3-6H2. The van der Waals surface area contributed by atoms with Gasteiger partial charge in [-0.25, -0.2) is 4.98 Å². The Kier molecular flexibility index (Phi) is 2.41. The lowest BCUT2D eigenvalue weighted by molar-refractivity contribution is 0.494. The maximum absolute atomic E-state index is 5.79. The fourth-order valence-corrected chi connectivity index (χ4v) is 3.18. The largest absolute Gasteiger partial charge is 0.316 e. The molecule has 2 atom stereocenters. The van der Waals surface area contributed by atoms with E-state index in [4.69, 9.17) is 11.6 Å². The quantitative estimate of drug-likeness (QED) is 0.739. The molecular weight excluding hydrogens is 208 g/mol. The number of nitrogens with zero attached hydrogens (tertiary/aromatic N) is 1. The minimum Gasteiger partial charge on any atom is -0.316 e. The lowest BCUT2D eigenvalue weighted by atomic mass is 9.98. The molecule has 80 valence electrons. The van der Waals surface area contributed by atoms with E-state index in [2.05, 4.69) is 16.4 Å². The summed E-state index contributed by atoms with van der Waals surface area (Å²) in [6.45, 7) is 2.42. The molecule has 2 heterocycles. The van der Waals surface area contributed by atoms with Gasteiger partial charge in [0.15, 0.2) is 0 Å². The molecule has 1 saturated heterocycles. The van der Waals surface area contributed by atoms with Crippen LogP contribution in [0.3, 0.4) is 0 Å². The summed E-state index contributed by atoms with van der Waals surface area (Å²) < 4.78 is 0. The van der Waals surface area contributed by atoms with Crippen molar-refractivity contribution in [2.45, 2.75) is 18.8 Å². The van der Waals surface area contributed by atoms with E-state index in [1.807, 2.05) is 12.3 Å². The molecule has 1 N–H and O–H groups in total. The van der Waals surface area contributed by atoms with Gasteiger partial charge in [-0.15, -0.1) is 0 Å². The van der Waals surface area contributed by atoms with Crippen LogP contribution >= 0.6 is 11.6 Å². The fourth-order valence-electron chi connectivity index (χ4n) is 3.07. The average Bonchev–Trinajstić information content (AvgIpc) is 2.78. The normalized spacial score (nSPS) is 34.3. The fraction of sp³-hybridized carbons (Fsp3) is 0.583. The van der Waals surface area contributed by atoms with Crippen molar-refractivity contribution >= 4 is 11.6 Å². The zero-order chi connectivity index (χ0) is 10.3. The molecule has 2 aliphatic rings. The van der Waals surface area contributed by atoms with Gasteiger partial charge in [-0.05, 0) is 55.3 Å². The Morgan fingerprint density at radius 2 is 1.93 bits per heavy atom. The first-order chi connectivity index (χ1) is 7.33. The Morgan fingerprint density at radius 3 is 2.53 bits per heavy atom. The first-order valence-electron chi connectivity index (χ1n) is 5.65. The summed E-state index contributed by atoms with van der Waals surface area (Å²) >= 11 is 5.79. The number of hydrogen-bond donors (Lipinski definition) is 1. The molecular formula is C12H15ClN2. The Balaban J connectivity index is 1.76. The zero-order valence-corrected chi connectivity index (χ0v) is 9.37. The van der Waals surface area contributed by atoms with E-state index >= 15 is 0 Å². The highest BCUT2D eigenvalue weighted by molar-refractivity contribution is 6.29. The van der Waals surface area contributed by atoms with Gasteiger partial charge in [0.05, 0.1) is 0 Å². The van der Waals surface area contributed by atoms with Crippen molar-refractivity contribution in [1.29, 1.82) is 0 Å². The van der Waals surface area contributed by atoms with Crippen LogP contribution in [0, 0.1) is 11.8 Å². The van der Waals surface area contributed by atoms with E-state index in [1.165, 1.54) is 31.5 Å². The van der Waals surface area contributed by atoms with Crippen molar-refractivity contribution < 1.29 is 0 Å². The molecule has 1 aliphatic heterocycles. The molecule has 1 aliphatic carbocycles. The van der Waals surface area contributed by atoms with Gasteiger partial charge in [-0.2, -0.15) is 0 Å². The number of hydrogen-bond acceptors (Lipinski definition) is 2. The smallest absolute Gasteiger partial charge is 0.129 e. The molecule has 15 heavy (non-hydrogen) atoms. The van der Waals surface area contributed by atoms with Crippen molar-refractivity contribution in [3.63, 3.8) is 0 Å². The van der Waals surface area contributed by atoms with Crippen LogP contribution < -0.4 is 5.32 Å². The molecule has 0 radical (unpaired) electrons. The highest BCUT2D eigenvalue weighted by Gasteiger charge is 2.37. The third kappa shape index (κ3) is 1.77. The molecule has 0 aromatic carbocycles. The van der Waals surface area contributed by atoms with Crippen molar-refractivity contribution in [2.75, 3.05) is 13.1 Å². The number of nitrogens with one attached hydrogen (secondary N) is 1. The van der Waals surface area contributed by atoms with E-state index in [-0.39, 0.29) is 0 Å². The van der Waals surface area contributed by atoms with Crippen LogP contribution in [0.25, 0.3) is 0 Å². The van der Waals surface area contributed by atoms with Gasteiger partial charge >= 0.3 is 0 Å². The second kappa shape index (κ2) is 3.76. The molecule has 2 fully saturated rings. The van der Waals surface area contributed by atoms with Crippen molar-refractivity contribution in [3.05, 3.63) is 29.0 Å². The van der Waals surface area contributed by atoms with Crippen LogP contribution in [0.4, 0.5) is 0 Å². The predicted molar refractivity (Wildman–Crippen MR) is 61.1 cm³/mol. The lowest BCUT2D eigenvalue weighted by Gasteiger charge is -2.10. The topological polar surface area (TPSA) is 24.9 Å². The Hall–Kier alpha value is -0.600. The van der Waals surface area contributed by atoms with Crippen molar-refractivity contribution in [1.82, 2.24) is 10.3 Å². The average molecular weight is 223 g/mol. The number of rotatable bonds is 1. The number of pyridine rings is 1. The summed E-state index contributed by atoms with van der Waals surface area (Å²) in [6, 6.07) is 4.04. The van der Waals surface area contributed by atoms with Gasteiger partial charge in [0.25, 0.3) is 0 Å². The minimum absolute atomic E-state index is 0.596. The highest BCUT2D eigenvalue weighted by atomic mass is 35.5. The molecule has 3 heteroatoms. The first kappa shape index (κ1) is 9.61. The second-order valence-corrected chi connectivity index (χ2v) is 5.15. The van der Waals surface area contributed by atoms with Gasteiger partial charge in [-0.1, -0.05) is 17.7 Å². The lowest BCUT2D eigenvalue weighted by Crippen LogP contribution is -2.11. The van der Waals surface area contributed by atoms with Crippen LogP contribution in [-0.4, -0.2) is 18.1 Å². The number of aromatic nitrogens is 1. The van der Waals surface area contributed by atoms with Gasteiger partial charge in [0.1, 0.15) is 5.15 Å². The Morgan fingerprint density at radius 1 is 1.20 bits per heavy atom. The van der Waals surface area contributed by atoms with E-state index < -0.39 is 0 Å². The third-order valence-corrected chi connectivity index (χ3v) is 4.10. The Bertz CT molecular complexity index is 337. The van der Waals surface area contributed by atoms with Crippen LogP contribution in [0.15, 0.2) is 18.3 Å².